The molecule has 0 bridgehead atoms. The van der Waals surface area contributed by atoms with E-state index in [2.05, 4.69) is 31.7 Å². The van der Waals surface area contributed by atoms with Gasteiger partial charge in [-0.15, -0.1) is 21.5 Å². The number of nitrogens with one attached hydrogen (secondary N) is 1. The maximum absolute atomic E-state index is 14.6. The second kappa shape index (κ2) is 7.24. The Labute approximate surface area is 179 Å². The fraction of sp³-hybridized carbons (Fsp3) is 0.300. The molecule has 11 heteroatoms. The average Bonchev–Trinajstić information content (AvgIpc) is 3.07. The molecule has 1 aliphatic carbocycles. The molecule has 0 atom stereocenters. The van der Waals surface area contributed by atoms with Crippen LogP contribution in [0.4, 0.5) is 4.39 Å². The molecule has 1 fully saturated rings. The van der Waals surface area contributed by atoms with E-state index in [1.54, 1.807) is 17.9 Å². The lowest BCUT2D eigenvalue weighted by Crippen LogP contribution is -2.36. The molecule has 0 spiro atoms. The molecule has 3 aromatic heterocycles. The van der Waals surface area contributed by atoms with Crippen molar-refractivity contribution in [2.24, 2.45) is 7.05 Å². The maximum Gasteiger partial charge on any atom is 0.230 e. The van der Waals surface area contributed by atoms with Gasteiger partial charge >= 0.3 is 0 Å². The Morgan fingerprint density at radius 3 is 2.87 bits per heavy atom. The second-order valence-electron chi connectivity index (χ2n) is 7.50. The molecule has 3 heterocycles. The highest BCUT2D eigenvalue weighted by Crippen LogP contribution is 2.34. The summed E-state index contributed by atoms with van der Waals surface area (Å²) in [6.07, 6.45) is 4.94. The number of aryl methyl sites for hydroxylation is 1. The number of carbonyl (C=O) groups excluding carboxylic acids is 1. The minimum atomic E-state index is -0.736. The number of halogens is 1. The number of fused-ring (bicyclic) bond motifs is 1. The quantitative estimate of drug-likeness (QED) is 0.492. The fourth-order valence-electron chi connectivity index (χ4n) is 3.25. The van der Waals surface area contributed by atoms with Crippen molar-refractivity contribution in [3.63, 3.8) is 0 Å². The Morgan fingerprint density at radius 2 is 2.16 bits per heavy atom. The van der Waals surface area contributed by atoms with Crippen molar-refractivity contribution in [2.75, 3.05) is 0 Å². The Bertz CT molecular complexity index is 1350. The van der Waals surface area contributed by atoms with Crippen molar-refractivity contribution in [1.82, 2.24) is 30.3 Å². The van der Waals surface area contributed by atoms with Crippen LogP contribution >= 0.6 is 11.3 Å². The van der Waals surface area contributed by atoms with Gasteiger partial charge in [0.15, 0.2) is 5.82 Å². The Kier molecular flexibility index (Phi) is 4.51. The molecule has 1 aliphatic rings. The molecule has 31 heavy (non-hydrogen) atoms. The SMILES string of the molecule is Cn1cc(-c2cc(F)c3nc(Cc4nnc(CC(=O)NC5(C#N)CC5)o4)sc3c2)cn1. The lowest BCUT2D eigenvalue weighted by molar-refractivity contribution is -0.121. The Balaban J connectivity index is 1.31. The van der Waals surface area contributed by atoms with Gasteiger partial charge in [-0.25, -0.2) is 9.37 Å². The van der Waals surface area contributed by atoms with E-state index in [0.29, 0.717) is 22.5 Å². The van der Waals surface area contributed by atoms with Gasteiger partial charge in [0.25, 0.3) is 0 Å². The minimum Gasteiger partial charge on any atom is -0.424 e. The van der Waals surface area contributed by atoms with E-state index >= 15 is 0 Å². The summed E-state index contributed by atoms with van der Waals surface area (Å²) in [5, 5.41) is 24.3. The third kappa shape index (κ3) is 3.89. The van der Waals surface area contributed by atoms with Crippen LogP contribution in [-0.2, 0) is 24.7 Å². The lowest BCUT2D eigenvalue weighted by Gasteiger charge is -2.06. The minimum absolute atomic E-state index is 0.0978. The molecule has 1 amide bonds. The normalized spacial score (nSPS) is 14.5. The second-order valence-corrected chi connectivity index (χ2v) is 8.62. The van der Waals surface area contributed by atoms with Crippen molar-refractivity contribution in [1.29, 1.82) is 5.26 Å². The van der Waals surface area contributed by atoms with E-state index in [9.17, 15) is 9.18 Å². The molecule has 0 unspecified atom stereocenters. The predicted molar refractivity (Wildman–Crippen MR) is 108 cm³/mol. The molecule has 1 saturated carbocycles. The van der Waals surface area contributed by atoms with Crippen molar-refractivity contribution in [2.45, 2.75) is 31.2 Å². The number of amides is 1. The zero-order chi connectivity index (χ0) is 21.6. The molecule has 0 saturated heterocycles. The third-order valence-corrected chi connectivity index (χ3v) is 6.00. The average molecular weight is 437 g/mol. The van der Waals surface area contributed by atoms with Crippen LogP contribution in [-0.4, -0.2) is 36.4 Å². The number of rotatable bonds is 6. The predicted octanol–water partition coefficient (Wildman–Crippen LogP) is 2.52. The van der Waals surface area contributed by atoms with Crippen molar-refractivity contribution >= 4 is 27.5 Å². The molecule has 156 valence electrons. The summed E-state index contributed by atoms with van der Waals surface area (Å²) in [6.45, 7) is 0. The van der Waals surface area contributed by atoms with Crippen molar-refractivity contribution < 1.29 is 13.6 Å². The van der Waals surface area contributed by atoms with Crippen LogP contribution in [0.3, 0.4) is 0 Å². The summed E-state index contributed by atoms with van der Waals surface area (Å²) in [4.78, 5) is 16.4. The molecule has 0 radical (unpaired) electrons. The van der Waals surface area contributed by atoms with Crippen LogP contribution in [0.5, 0.6) is 0 Å². The van der Waals surface area contributed by atoms with Gasteiger partial charge in [0.1, 0.15) is 22.5 Å². The van der Waals surface area contributed by atoms with E-state index in [-0.39, 0.29) is 36.0 Å². The summed E-state index contributed by atoms with van der Waals surface area (Å²) < 4.78 is 22.5. The Hall–Kier alpha value is -3.65. The molecular weight excluding hydrogens is 421 g/mol. The van der Waals surface area contributed by atoms with Crippen LogP contribution in [0.2, 0.25) is 0 Å². The van der Waals surface area contributed by atoms with E-state index in [4.69, 9.17) is 9.68 Å². The van der Waals surface area contributed by atoms with Gasteiger partial charge in [-0.1, -0.05) is 0 Å². The fourth-order valence-corrected chi connectivity index (χ4v) is 4.26. The molecule has 4 aromatic rings. The Morgan fingerprint density at radius 1 is 1.35 bits per heavy atom. The number of benzene rings is 1. The number of nitriles is 1. The van der Waals surface area contributed by atoms with Gasteiger partial charge in [0.05, 0.1) is 23.4 Å². The summed E-state index contributed by atoms with van der Waals surface area (Å²) in [5.41, 5.74) is 1.10. The number of aromatic nitrogens is 5. The third-order valence-electron chi connectivity index (χ3n) is 5.00. The van der Waals surface area contributed by atoms with Gasteiger partial charge in [-0.3, -0.25) is 9.48 Å². The lowest BCUT2D eigenvalue weighted by atomic mass is 10.1. The van der Waals surface area contributed by atoms with Crippen LogP contribution in [0, 0.1) is 17.1 Å². The van der Waals surface area contributed by atoms with Crippen molar-refractivity contribution in [3.05, 3.63) is 47.1 Å². The molecule has 9 nitrogen and oxygen atoms in total. The standard InChI is InChI=1S/C20H16FN7O2S/c1-28-9-12(8-23-28)11-4-13(21)19-14(5-11)31-18(24-19)7-17-27-26-16(30-17)6-15(29)25-20(10-22)2-3-20/h4-5,8-9H,2-3,6-7H2,1H3,(H,25,29). The van der Waals surface area contributed by atoms with E-state index in [1.165, 1.54) is 17.4 Å². The topological polar surface area (TPSA) is 123 Å². The number of hydrogen-bond acceptors (Lipinski definition) is 8. The first kappa shape index (κ1) is 19.3. The monoisotopic (exact) mass is 437 g/mol. The summed E-state index contributed by atoms with van der Waals surface area (Å²) in [5.74, 6) is -0.295. The number of nitrogens with zero attached hydrogens (tertiary/aromatic N) is 6. The highest BCUT2D eigenvalue weighted by Gasteiger charge is 2.44. The van der Waals surface area contributed by atoms with Gasteiger partial charge < -0.3 is 9.73 Å². The maximum atomic E-state index is 14.6. The number of hydrogen-bond donors (Lipinski definition) is 1. The molecule has 0 aliphatic heterocycles. The zero-order valence-corrected chi connectivity index (χ0v) is 17.2. The first-order chi connectivity index (χ1) is 14.9. The van der Waals surface area contributed by atoms with Crippen LogP contribution in [0.25, 0.3) is 21.3 Å². The van der Waals surface area contributed by atoms with Gasteiger partial charge in [-0.2, -0.15) is 10.4 Å². The molecule has 5 rings (SSSR count). The largest absolute Gasteiger partial charge is 0.424 e. The first-order valence-corrected chi connectivity index (χ1v) is 10.4. The summed E-state index contributed by atoms with van der Waals surface area (Å²) >= 11 is 1.34. The van der Waals surface area contributed by atoms with Gasteiger partial charge in [-0.05, 0) is 30.5 Å². The molecule has 1 aromatic carbocycles. The first-order valence-electron chi connectivity index (χ1n) is 9.54. The van der Waals surface area contributed by atoms with Crippen molar-refractivity contribution in [3.8, 4) is 17.2 Å². The van der Waals surface area contributed by atoms with Crippen LogP contribution in [0.1, 0.15) is 29.6 Å². The van der Waals surface area contributed by atoms with Gasteiger partial charge in [0.2, 0.25) is 17.7 Å². The number of thiazole rings is 1. The molecule has 1 N–H and O–H groups in total. The summed E-state index contributed by atoms with van der Waals surface area (Å²) in [7, 11) is 1.80. The van der Waals surface area contributed by atoms with Gasteiger partial charge in [0, 0.05) is 18.8 Å². The summed E-state index contributed by atoms with van der Waals surface area (Å²) in [6, 6.07) is 5.42. The number of carbonyl (C=O) groups is 1. The van der Waals surface area contributed by atoms with E-state index in [1.807, 2.05) is 12.3 Å². The van der Waals surface area contributed by atoms with Crippen LogP contribution < -0.4 is 5.32 Å². The van der Waals surface area contributed by atoms with E-state index in [0.717, 1.165) is 11.1 Å². The highest BCUT2D eigenvalue weighted by molar-refractivity contribution is 7.18. The highest BCUT2D eigenvalue weighted by atomic mass is 32.1. The zero-order valence-electron chi connectivity index (χ0n) is 16.4. The molecular formula is C20H16FN7O2S. The van der Waals surface area contributed by atoms with E-state index < -0.39 is 11.4 Å². The smallest absolute Gasteiger partial charge is 0.230 e. The van der Waals surface area contributed by atoms with Crippen LogP contribution in [0.15, 0.2) is 28.9 Å².